The molecule has 0 bridgehead atoms. The van der Waals surface area contributed by atoms with Gasteiger partial charge in [0, 0.05) is 23.6 Å². The van der Waals surface area contributed by atoms with Gasteiger partial charge in [0.05, 0.1) is 25.0 Å². The van der Waals surface area contributed by atoms with Crippen LogP contribution in [0, 0.1) is 0 Å². The van der Waals surface area contributed by atoms with Crippen molar-refractivity contribution in [2.24, 2.45) is 4.99 Å². The lowest BCUT2D eigenvalue weighted by Crippen LogP contribution is -2.16. The number of aromatic nitrogens is 3. The van der Waals surface area contributed by atoms with E-state index in [1.807, 2.05) is 18.2 Å². The summed E-state index contributed by atoms with van der Waals surface area (Å²) in [7, 11) is -3.47. The summed E-state index contributed by atoms with van der Waals surface area (Å²) in [5, 5.41) is 9.25. The summed E-state index contributed by atoms with van der Waals surface area (Å²) >= 11 is 0. The number of hydrogen-bond donors (Lipinski definition) is 2. The highest BCUT2D eigenvalue weighted by Crippen LogP contribution is 2.32. The van der Waals surface area contributed by atoms with Crippen LogP contribution in [0.3, 0.4) is 0 Å². The number of ether oxygens (including phenoxy) is 3. The van der Waals surface area contributed by atoms with Crippen LogP contribution in [0.2, 0.25) is 0 Å². The Morgan fingerprint density at radius 1 is 1.18 bits per heavy atom. The molecule has 0 saturated heterocycles. The van der Waals surface area contributed by atoms with Crippen LogP contribution in [0.1, 0.15) is 26.0 Å². The number of hydrogen-bond acceptors (Lipinski definition) is 9. The molecule has 0 radical (unpaired) electrons. The minimum absolute atomic E-state index is 0.122. The molecule has 1 aromatic carbocycles. The highest BCUT2D eigenvalue weighted by molar-refractivity contribution is 7.90. The zero-order valence-electron chi connectivity index (χ0n) is 19.1. The molecule has 0 saturated carbocycles. The molecule has 0 aliphatic carbocycles. The molecule has 3 aromatic rings. The van der Waals surface area contributed by atoms with Crippen molar-refractivity contribution in [1.82, 2.24) is 15.0 Å². The maximum Gasteiger partial charge on any atom is 0.237 e. The van der Waals surface area contributed by atoms with Crippen LogP contribution in [0.25, 0.3) is 11.3 Å². The Hall–Kier alpha value is -3.44. The predicted molar refractivity (Wildman–Crippen MR) is 125 cm³/mol. The van der Waals surface area contributed by atoms with E-state index in [1.54, 1.807) is 19.1 Å². The van der Waals surface area contributed by atoms with Gasteiger partial charge in [0.25, 0.3) is 0 Å². The van der Waals surface area contributed by atoms with E-state index in [9.17, 15) is 13.5 Å². The molecule has 0 fully saturated rings. The van der Waals surface area contributed by atoms with Crippen molar-refractivity contribution in [1.29, 1.82) is 0 Å². The molecule has 10 nitrogen and oxygen atoms in total. The third-order valence-electron chi connectivity index (χ3n) is 5.09. The number of aliphatic imine (C=N–C) groups is 1. The topological polar surface area (TPSA) is 136 Å². The molecule has 2 N–H and O–H groups in total. The first-order valence-corrected chi connectivity index (χ1v) is 12.7. The molecule has 180 valence electrons. The third-order valence-corrected chi connectivity index (χ3v) is 6.06. The molecule has 1 aliphatic heterocycles. The summed E-state index contributed by atoms with van der Waals surface area (Å²) in [4.78, 5) is 15.8. The van der Waals surface area contributed by atoms with Crippen LogP contribution in [-0.2, 0) is 14.6 Å². The third kappa shape index (κ3) is 5.54. The van der Waals surface area contributed by atoms with Gasteiger partial charge >= 0.3 is 0 Å². The molecular weight excluding hydrogens is 460 g/mol. The SMILES string of the molecule is CC[C@@H]1COC(c2ccc(-c3cc(Oc4cnc(S(C)(=O)=O)cn4)cc(O[C@@H](C)CO)c3)[nH]2)=N1. The van der Waals surface area contributed by atoms with Gasteiger partial charge in [-0.1, -0.05) is 6.92 Å². The quantitative estimate of drug-likeness (QED) is 0.471. The number of aliphatic hydroxyl groups excluding tert-OH is 1. The second-order valence-electron chi connectivity index (χ2n) is 7.96. The fraction of sp³-hybridized carbons (Fsp3) is 0.348. The van der Waals surface area contributed by atoms with Gasteiger partial charge in [-0.25, -0.2) is 23.4 Å². The second kappa shape index (κ2) is 9.82. The first-order chi connectivity index (χ1) is 16.2. The standard InChI is InChI=1S/C23H26N4O6S/c1-4-16-13-31-23(26-16)20-6-5-19(27-20)15-7-17(32-14(2)12-28)9-18(8-15)33-21-10-25-22(11-24-21)34(3,29)30/h5-11,14,16,27-28H,4,12-13H2,1-3H3/t14-,16+/m0/s1. The number of aliphatic hydroxyl groups is 1. The van der Waals surface area contributed by atoms with Crippen molar-refractivity contribution >= 4 is 15.7 Å². The highest BCUT2D eigenvalue weighted by atomic mass is 32.2. The van der Waals surface area contributed by atoms with Crippen LogP contribution in [0.5, 0.6) is 17.4 Å². The first kappa shape index (κ1) is 23.7. The molecule has 2 aromatic heterocycles. The summed E-state index contributed by atoms with van der Waals surface area (Å²) in [6.07, 6.45) is 3.93. The van der Waals surface area contributed by atoms with Gasteiger partial charge in [0.15, 0.2) is 14.9 Å². The lowest BCUT2D eigenvalue weighted by atomic mass is 10.1. The Kier molecular flexibility index (Phi) is 6.85. The molecule has 34 heavy (non-hydrogen) atoms. The highest BCUT2D eigenvalue weighted by Gasteiger charge is 2.20. The summed E-state index contributed by atoms with van der Waals surface area (Å²) in [6, 6.07) is 9.21. The Morgan fingerprint density at radius 3 is 2.59 bits per heavy atom. The van der Waals surface area contributed by atoms with E-state index in [0.717, 1.165) is 35.8 Å². The molecule has 0 spiro atoms. The predicted octanol–water partition coefficient (Wildman–Crippen LogP) is 2.98. The molecule has 1 aliphatic rings. The average molecular weight is 487 g/mol. The largest absolute Gasteiger partial charge is 0.488 e. The number of sulfone groups is 1. The molecular formula is C23H26N4O6S. The Morgan fingerprint density at radius 2 is 1.94 bits per heavy atom. The summed E-state index contributed by atoms with van der Waals surface area (Å²) in [5.74, 6) is 1.58. The minimum atomic E-state index is -3.47. The van der Waals surface area contributed by atoms with E-state index in [0.29, 0.717) is 24.0 Å². The van der Waals surface area contributed by atoms with Crippen molar-refractivity contribution in [2.45, 2.75) is 37.4 Å². The van der Waals surface area contributed by atoms with Crippen LogP contribution in [0.15, 0.2) is 52.7 Å². The zero-order valence-corrected chi connectivity index (χ0v) is 19.9. The van der Waals surface area contributed by atoms with Crippen LogP contribution in [-0.4, -0.2) is 66.0 Å². The van der Waals surface area contributed by atoms with Crippen molar-refractivity contribution in [3.63, 3.8) is 0 Å². The second-order valence-corrected chi connectivity index (χ2v) is 9.93. The number of nitrogens with one attached hydrogen (secondary N) is 1. The van der Waals surface area contributed by atoms with Crippen molar-refractivity contribution in [3.8, 4) is 28.6 Å². The molecule has 3 heterocycles. The monoisotopic (exact) mass is 486 g/mol. The fourth-order valence-corrected chi connectivity index (χ4v) is 3.74. The van der Waals surface area contributed by atoms with E-state index < -0.39 is 15.9 Å². The summed E-state index contributed by atoms with van der Waals surface area (Å²) in [5.41, 5.74) is 2.31. The zero-order chi connectivity index (χ0) is 24.3. The van der Waals surface area contributed by atoms with Gasteiger partial charge in [0.1, 0.15) is 29.9 Å². The van der Waals surface area contributed by atoms with Gasteiger partial charge in [0.2, 0.25) is 11.8 Å². The van der Waals surface area contributed by atoms with Crippen LogP contribution in [0.4, 0.5) is 0 Å². The summed E-state index contributed by atoms with van der Waals surface area (Å²) in [6.45, 7) is 4.23. The van der Waals surface area contributed by atoms with E-state index in [-0.39, 0.29) is 23.6 Å². The van der Waals surface area contributed by atoms with Gasteiger partial charge in [-0.15, -0.1) is 0 Å². The Bertz CT molecular complexity index is 1290. The first-order valence-electron chi connectivity index (χ1n) is 10.8. The fourth-order valence-electron chi connectivity index (χ4n) is 3.25. The van der Waals surface area contributed by atoms with Gasteiger partial charge < -0.3 is 24.3 Å². The molecule has 0 amide bonds. The smallest absolute Gasteiger partial charge is 0.237 e. The summed E-state index contributed by atoms with van der Waals surface area (Å²) < 4.78 is 40.5. The number of rotatable bonds is 9. The number of H-pyrrole nitrogens is 1. The van der Waals surface area contributed by atoms with Crippen LogP contribution < -0.4 is 9.47 Å². The lowest BCUT2D eigenvalue weighted by Gasteiger charge is -2.15. The Labute approximate surface area is 197 Å². The number of nitrogens with zero attached hydrogens (tertiary/aromatic N) is 3. The number of aromatic amines is 1. The van der Waals surface area contributed by atoms with E-state index in [1.165, 1.54) is 6.20 Å². The molecule has 4 rings (SSSR count). The maximum absolute atomic E-state index is 11.6. The maximum atomic E-state index is 11.6. The average Bonchev–Trinajstić information content (AvgIpc) is 3.48. The molecule has 2 atom stereocenters. The van der Waals surface area contributed by atoms with Crippen molar-refractivity contribution < 1.29 is 27.7 Å². The normalized spacial score (nSPS) is 16.6. The van der Waals surface area contributed by atoms with Gasteiger partial charge in [-0.2, -0.15) is 0 Å². The van der Waals surface area contributed by atoms with Crippen molar-refractivity contribution in [2.75, 3.05) is 19.5 Å². The molecule has 0 unspecified atom stereocenters. The van der Waals surface area contributed by atoms with Crippen LogP contribution >= 0.6 is 0 Å². The van der Waals surface area contributed by atoms with Gasteiger partial charge in [-0.3, -0.25) is 0 Å². The minimum Gasteiger partial charge on any atom is -0.488 e. The lowest BCUT2D eigenvalue weighted by molar-refractivity contribution is 0.129. The Balaban J connectivity index is 1.64. The van der Waals surface area contributed by atoms with E-state index in [4.69, 9.17) is 14.2 Å². The number of benzene rings is 1. The van der Waals surface area contributed by atoms with E-state index >= 15 is 0 Å². The molecule has 11 heteroatoms. The van der Waals surface area contributed by atoms with Crippen molar-refractivity contribution in [3.05, 3.63) is 48.4 Å². The van der Waals surface area contributed by atoms with Gasteiger partial charge in [-0.05, 0) is 37.6 Å². The van der Waals surface area contributed by atoms with E-state index in [2.05, 4.69) is 26.9 Å².